The fraction of sp³-hybridized carbons (Fsp3) is 0.100. The van der Waals surface area contributed by atoms with Crippen LogP contribution in [0, 0.1) is 0 Å². The van der Waals surface area contributed by atoms with Gasteiger partial charge in [0.25, 0.3) is 0 Å². The molecule has 0 fully saturated rings. The Balaban J connectivity index is 1.51. The smallest absolute Gasteiger partial charge is 0.240 e. The molecule has 2 N–H and O–H groups in total. The van der Waals surface area contributed by atoms with Gasteiger partial charge in [0.15, 0.2) is 0 Å². The molecule has 4 aromatic rings. The SMILES string of the molecule is O=S(=O)(NCCc1c[nH]c2ccccc12)c1ccc2ccccc2c1. The Morgan fingerprint density at radius 1 is 0.880 bits per heavy atom. The molecule has 0 aliphatic carbocycles. The maximum atomic E-state index is 12.5. The van der Waals surface area contributed by atoms with E-state index in [1.807, 2.05) is 60.8 Å². The van der Waals surface area contributed by atoms with E-state index in [-0.39, 0.29) is 0 Å². The Morgan fingerprint density at radius 3 is 2.52 bits per heavy atom. The molecule has 25 heavy (non-hydrogen) atoms. The van der Waals surface area contributed by atoms with E-state index >= 15 is 0 Å². The number of aromatic nitrogens is 1. The Kier molecular flexibility index (Phi) is 4.03. The van der Waals surface area contributed by atoms with Gasteiger partial charge in [-0.15, -0.1) is 0 Å². The Labute approximate surface area is 146 Å². The minimum atomic E-state index is -3.52. The topological polar surface area (TPSA) is 62.0 Å². The summed E-state index contributed by atoms with van der Waals surface area (Å²) < 4.78 is 27.8. The third-order valence-corrected chi connectivity index (χ3v) is 5.85. The lowest BCUT2D eigenvalue weighted by atomic mass is 10.1. The van der Waals surface area contributed by atoms with Gasteiger partial charge in [0.1, 0.15) is 0 Å². The summed E-state index contributed by atoms with van der Waals surface area (Å²) in [7, 11) is -3.52. The average molecular weight is 350 g/mol. The van der Waals surface area contributed by atoms with Gasteiger partial charge in [0.2, 0.25) is 10.0 Å². The molecule has 126 valence electrons. The Hall–Kier alpha value is -2.63. The van der Waals surface area contributed by atoms with Crippen molar-refractivity contribution >= 4 is 31.7 Å². The number of hydrogen-bond acceptors (Lipinski definition) is 2. The van der Waals surface area contributed by atoms with Crippen LogP contribution in [-0.4, -0.2) is 19.9 Å². The van der Waals surface area contributed by atoms with E-state index in [1.165, 1.54) is 0 Å². The van der Waals surface area contributed by atoms with E-state index in [4.69, 9.17) is 0 Å². The van der Waals surface area contributed by atoms with Gasteiger partial charge >= 0.3 is 0 Å². The van der Waals surface area contributed by atoms with Crippen molar-refractivity contribution in [2.45, 2.75) is 11.3 Å². The average Bonchev–Trinajstić information content (AvgIpc) is 3.04. The number of aromatic amines is 1. The summed E-state index contributed by atoms with van der Waals surface area (Å²) in [6.45, 7) is 0.358. The number of H-pyrrole nitrogens is 1. The first-order valence-electron chi connectivity index (χ1n) is 8.17. The molecule has 3 aromatic carbocycles. The third-order valence-electron chi connectivity index (χ3n) is 4.39. The van der Waals surface area contributed by atoms with Crippen LogP contribution >= 0.6 is 0 Å². The zero-order valence-electron chi connectivity index (χ0n) is 13.6. The standard InChI is InChI=1S/C20H18N2O2S/c23-25(24,18-10-9-15-5-1-2-6-16(15)13-18)22-12-11-17-14-21-20-8-4-3-7-19(17)20/h1-10,13-14,21-22H,11-12H2. The zero-order valence-corrected chi connectivity index (χ0v) is 14.4. The number of hydrogen-bond donors (Lipinski definition) is 2. The van der Waals surface area contributed by atoms with Gasteiger partial charge in [-0.3, -0.25) is 0 Å². The second-order valence-corrected chi connectivity index (χ2v) is 7.78. The Morgan fingerprint density at radius 2 is 1.64 bits per heavy atom. The van der Waals surface area contributed by atoms with E-state index < -0.39 is 10.0 Å². The summed E-state index contributed by atoms with van der Waals surface area (Å²) >= 11 is 0. The molecule has 5 heteroatoms. The predicted molar refractivity (Wildman–Crippen MR) is 101 cm³/mol. The highest BCUT2D eigenvalue weighted by atomic mass is 32.2. The number of sulfonamides is 1. The summed E-state index contributed by atoms with van der Waals surface area (Å²) in [5, 5.41) is 3.08. The first-order chi connectivity index (χ1) is 12.1. The Bertz CT molecular complexity index is 1150. The number of rotatable bonds is 5. The van der Waals surface area contributed by atoms with Crippen molar-refractivity contribution in [2.24, 2.45) is 0 Å². The van der Waals surface area contributed by atoms with Crippen LogP contribution in [0.15, 0.2) is 77.8 Å². The van der Waals surface area contributed by atoms with Crippen molar-refractivity contribution in [1.29, 1.82) is 0 Å². The molecule has 0 amide bonds. The molecule has 0 aliphatic rings. The van der Waals surface area contributed by atoms with Crippen molar-refractivity contribution in [3.63, 3.8) is 0 Å². The van der Waals surface area contributed by atoms with Crippen molar-refractivity contribution in [1.82, 2.24) is 9.71 Å². The predicted octanol–water partition coefficient (Wildman–Crippen LogP) is 3.84. The molecular weight excluding hydrogens is 332 g/mol. The van der Waals surface area contributed by atoms with Crippen molar-refractivity contribution in [2.75, 3.05) is 6.54 Å². The number of nitrogens with one attached hydrogen (secondary N) is 2. The van der Waals surface area contributed by atoms with Gasteiger partial charge in [-0.05, 0) is 41.0 Å². The highest BCUT2D eigenvalue weighted by Gasteiger charge is 2.14. The van der Waals surface area contributed by atoms with Crippen LogP contribution in [-0.2, 0) is 16.4 Å². The van der Waals surface area contributed by atoms with Gasteiger partial charge in [-0.25, -0.2) is 13.1 Å². The van der Waals surface area contributed by atoms with Gasteiger partial charge < -0.3 is 4.98 Å². The number of fused-ring (bicyclic) bond motifs is 2. The molecular formula is C20H18N2O2S. The van der Waals surface area contributed by atoms with Crippen LogP contribution in [0.4, 0.5) is 0 Å². The molecule has 4 nitrogen and oxygen atoms in total. The molecule has 0 radical (unpaired) electrons. The third kappa shape index (κ3) is 3.16. The summed E-state index contributed by atoms with van der Waals surface area (Å²) in [4.78, 5) is 3.51. The van der Waals surface area contributed by atoms with E-state index in [1.54, 1.807) is 12.1 Å². The molecule has 1 aromatic heterocycles. The first-order valence-corrected chi connectivity index (χ1v) is 9.65. The molecule has 0 spiro atoms. The van der Waals surface area contributed by atoms with Crippen molar-refractivity contribution in [3.05, 3.63) is 78.5 Å². The van der Waals surface area contributed by atoms with Crippen LogP contribution in [0.2, 0.25) is 0 Å². The number of benzene rings is 3. The lowest BCUT2D eigenvalue weighted by Crippen LogP contribution is -2.25. The molecule has 0 bridgehead atoms. The highest BCUT2D eigenvalue weighted by Crippen LogP contribution is 2.20. The maximum absolute atomic E-state index is 12.5. The fourth-order valence-electron chi connectivity index (χ4n) is 3.08. The van der Waals surface area contributed by atoms with E-state index in [0.29, 0.717) is 17.9 Å². The van der Waals surface area contributed by atoms with Crippen molar-refractivity contribution < 1.29 is 8.42 Å². The quantitative estimate of drug-likeness (QED) is 0.574. The van der Waals surface area contributed by atoms with Crippen LogP contribution in [0.5, 0.6) is 0 Å². The molecule has 0 saturated heterocycles. The summed E-state index contributed by atoms with van der Waals surface area (Å²) in [6.07, 6.45) is 2.58. The fourth-order valence-corrected chi connectivity index (χ4v) is 4.14. The second-order valence-electron chi connectivity index (χ2n) is 6.02. The van der Waals surface area contributed by atoms with Crippen LogP contribution < -0.4 is 4.72 Å². The van der Waals surface area contributed by atoms with Crippen molar-refractivity contribution in [3.8, 4) is 0 Å². The van der Waals surface area contributed by atoms with Crippen LogP contribution in [0.25, 0.3) is 21.7 Å². The lowest BCUT2D eigenvalue weighted by Gasteiger charge is -2.08. The number of para-hydroxylation sites is 1. The van der Waals surface area contributed by atoms with E-state index in [2.05, 4.69) is 9.71 Å². The molecule has 0 atom stereocenters. The molecule has 4 rings (SSSR count). The zero-order chi connectivity index (χ0) is 17.3. The largest absolute Gasteiger partial charge is 0.361 e. The minimum absolute atomic E-state index is 0.296. The lowest BCUT2D eigenvalue weighted by molar-refractivity contribution is 0.582. The molecule has 0 saturated carbocycles. The van der Waals surface area contributed by atoms with Gasteiger partial charge in [0.05, 0.1) is 4.90 Å². The molecule has 0 aliphatic heterocycles. The first kappa shape index (κ1) is 15.9. The maximum Gasteiger partial charge on any atom is 0.240 e. The van der Waals surface area contributed by atoms with E-state index in [9.17, 15) is 8.42 Å². The molecule has 0 unspecified atom stereocenters. The summed E-state index contributed by atoms with van der Waals surface area (Å²) in [5.41, 5.74) is 2.17. The van der Waals surface area contributed by atoms with Gasteiger partial charge in [-0.1, -0.05) is 48.5 Å². The molecule has 1 heterocycles. The van der Waals surface area contributed by atoms with Gasteiger partial charge in [-0.2, -0.15) is 0 Å². The van der Waals surface area contributed by atoms with Crippen LogP contribution in [0.3, 0.4) is 0 Å². The summed E-state index contributed by atoms with van der Waals surface area (Å²) in [5.74, 6) is 0. The highest BCUT2D eigenvalue weighted by molar-refractivity contribution is 7.89. The van der Waals surface area contributed by atoms with Gasteiger partial charge in [0, 0.05) is 23.6 Å². The monoisotopic (exact) mass is 350 g/mol. The second kappa shape index (κ2) is 6.35. The van der Waals surface area contributed by atoms with Crippen LogP contribution in [0.1, 0.15) is 5.56 Å². The van der Waals surface area contributed by atoms with E-state index in [0.717, 1.165) is 27.2 Å². The summed E-state index contributed by atoms with van der Waals surface area (Å²) in [6, 6.07) is 20.9. The normalized spacial score (nSPS) is 12.0. The minimum Gasteiger partial charge on any atom is -0.361 e.